The van der Waals surface area contributed by atoms with Gasteiger partial charge in [0.15, 0.2) is 0 Å². The predicted molar refractivity (Wildman–Crippen MR) is 92.5 cm³/mol. The number of hydrogen-bond donors (Lipinski definition) is 1. The van der Waals surface area contributed by atoms with Gasteiger partial charge in [-0.05, 0) is 62.5 Å². The second-order valence-corrected chi connectivity index (χ2v) is 6.40. The van der Waals surface area contributed by atoms with E-state index in [1.807, 2.05) is 25.2 Å². The maximum Gasteiger partial charge on any atom is 0.0452 e. The quantitative estimate of drug-likeness (QED) is 0.796. The summed E-state index contributed by atoms with van der Waals surface area (Å²) in [5.41, 5.74) is 3.84. The molecule has 3 heteroatoms. The van der Waals surface area contributed by atoms with Crippen LogP contribution in [-0.2, 0) is 12.8 Å². The highest BCUT2D eigenvalue weighted by Crippen LogP contribution is 2.24. The van der Waals surface area contributed by atoms with E-state index in [2.05, 4.69) is 36.5 Å². The molecule has 0 saturated heterocycles. The summed E-state index contributed by atoms with van der Waals surface area (Å²) in [6, 6.07) is 14.5. The molecule has 1 atom stereocenters. The normalized spacial score (nSPS) is 12.4. The van der Waals surface area contributed by atoms with Gasteiger partial charge in [0.05, 0.1) is 0 Å². The van der Waals surface area contributed by atoms with Crippen molar-refractivity contribution < 1.29 is 0 Å². The molecule has 0 heterocycles. The third-order valence-corrected chi connectivity index (χ3v) is 4.21. The van der Waals surface area contributed by atoms with Crippen molar-refractivity contribution in [3.8, 4) is 0 Å². The van der Waals surface area contributed by atoms with Crippen LogP contribution in [0.1, 0.15) is 16.7 Å². The van der Waals surface area contributed by atoms with Crippen molar-refractivity contribution in [1.82, 2.24) is 5.32 Å². The zero-order valence-electron chi connectivity index (χ0n) is 12.5. The lowest BCUT2D eigenvalue weighted by atomic mass is 9.92. The van der Waals surface area contributed by atoms with Crippen molar-refractivity contribution in [2.75, 3.05) is 13.6 Å². The number of benzene rings is 2. The molecule has 1 N–H and O–H groups in total. The fourth-order valence-electron chi connectivity index (χ4n) is 2.68. The third-order valence-electron chi connectivity index (χ3n) is 3.62. The van der Waals surface area contributed by atoms with Crippen LogP contribution >= 0.6 is 23.2 Å². The largest absolute Gasteiger partial charge is 0.319 e. The molecular weight excluding hydrogens is 301 g/mol. The highest BCUT2D eigenvalue weighted by molar-refractivity contribution is 6.35. The molecule has 0 amide bonds. The molecule has 2 aromatic rings. The molecule has 2 rings (SSSR count). The fraction of sp³-hybridized carbons (Fsp3) is 0.333. The molecule has 0 saturated carbocycles. The number of halogens is 2. The molecule has 0 spiro atoms. The van der Waals surface area contributed by atoms with Crippen LogP contribution in [0.4, 0.5) is 0 Å². The molecule has 1 nitrogen and oxygen atoms in total. The van der Waals surface area contributed by atoms with E-state index >= 15 is 0 Å². The van der Waals surface area contributed by atoms with Crippen LogP contribution in [0.15, 0.2) is 42.5 Å². The fourth-order valence-corrected chi connectivity index (χ4v) is 3.16. The molecule has 0 aliphatic rings. The molecule has 0 radical (unpaired) electrons. The SMILES string of the molecule is CNCC(Cc1cccc(C)c1)Cc1ccc(Cl)cc1Cl. The lowest BCUT2D eigenvalue weighted by Crippen LogP contribution is -2.23. The van der Waals surface area contributed by atoms with Crippen molar-refractivity contribution >= 4 is 23.2 Å². The molecule has 0 bridgehead atoms. The molecule has 0 fully saturated rings. The summed E-state index contributed by atoms with van der Waals surface area (Å²) in [7, 11) is 1.99. The van der Waals surface area contributed by atoms with Crippen LogP contribution in [-0.4, -0.2) is 13.6 Å². The average Bonchev–Trinajstić information content (AvgIpc) is 2.42. The summed E-state index contributed by atoms with van der Waals surface area (Å²) in [5, 5.41) is 4.73. The van der Waals surface area contributed by atoms with Gasteiger partial charge in [-0.1, -0.05) is 59.1 Å². The summed E-state index contributed by atoms with van der Waals surface area (Å²) >= 11 is 12.3. The second-order valence-electron chi connectivity index (χ2n) is 5.56. The number of nitrogens with one attached hydrogen (secondary N) is 1. The van der Waals surface area contributed by atoms with Gasteiger partial charge in [-0.25, -0.2) is 0 Å². The second kappa shape index (κ2) is 7.84. The van der Waals surface area contributed by atoms with E-state index in [-0.39, 0.29) is 0 Å². The maximum absolute atomic E-state index is 6.30. The first kappa shape index (κ1) is 16.4. The molecule has 0 aliphatic carbocycles. The number of aryl methyl sites for hydroxylation is 1. The van der Waals surface area contributed by atoms with E-state index in [1.165, 1.54) is 11.1 Å². The highest BCUT2D eigenvalue weighted by Gasteiger charge is 2.12. The Bertz CT molecular complexity index is 596. The van der Waals surface area contributed by atoms with Crippen LogP contribution < -0.4 is 5.32 Å². The first-order valence-electron chi connectivity index (χ1n) is 7.22. The molecule has 0 aromatic heterocycles. The minimum absolute atomic E-state index is 0.510. The van der Waals surface area contributed by atoms with Crippen molar-refractivity contribution in [2.24, 2.45) is 5.92 Å². The lowest BCUT2D eigenvalue weighted by Gasteiger charge is -2.18. The van der Waals surface area contributed by atoms with Gasteiger partial charge in [-0.15, -0.1) is 0 Å². The van der Waals surface area contributed by atoms with Crippen molar-refractivity contribution in [3.63, 3.8) is 0 Å². The summed E-state index contributed by atoms with van der Waals surface area (Å²) in [4.78, 5) is 0. The molecule has 2 aromatic carbocycles. The van der Waals surface area contributed by atoms with Gasteiger partial charge >= 0.3 is 0 Å². The van der Waals surface area contributed by atoms with Gasteiger partial charge in [-0.2, -0.15) is 0 Å². The number of hydrogen-bond acceptors (Lipinski definition) is 1. The van der Waals surface area contributed by atoms with Crippen LogP contribution in [0, 0.1) is 12.8 Å². The summed E-state index contributed by atoms with van der Waals surface area (Å²) in [5.74, 6) is 0.510. The first-order chi connectivity index (χ1) is 10.1. The molecule has 112 valence electrons. The molecular formula is C18H21Cl2N. The van der Waals surface area contributed by atoms with Crippen LogP contribution in [0.5, 0.6) is 0 Å². The Morgan fingerprint density at radius 1 is 1.05 bits per heavy atom. The lowest BCUT2D eigenvalue weighted by molar-refractivity contribution is 0.493. The minimum Gasteiger partial charge on any atom is -0.319 e. The Morgan fingerprint density at radius 2 is 1.86 bits per heavy atom. The Balaban J connectivity index is 2.11. The maximum atomic E-state index is 6.30. The van der Waals surface area contributed by atoms with Crippen molar-refractivity contribution in [1.29, 1.82) is 0 Å². The highest BCUT2D eigenvalue weighted by atomic mass is 35.5. The molecule has 1 unspecified atom stereocenters. The standard InChI is InChI=1S/C18H21Cl2N/c1-13-4-3-5-14(8-13)9-15(12-21-2)10-16-6-7-17(19)11-18(16)20/h3-8,11,15,21H,9-10,12H2,1-2H3. The topological polar surface area (TPSA) is 12.0 Å². The minimum atomic E-state index is 0.510. The van der Waals surface area contributed by atoms with Crippen molar-refractivity contribution in [2.45, 2.75) is 19.8 Å². The third kappa shape index (κ3) is 5.03. The Labute approximate surface area is 137 Å². The van der Waals surface area contributed by atoms with E-state index in [0.717, 1.165) is 30.0 Å². The first-order valence-corrected chi connectivity index (χ1v) is 7.98. The molecule has 0 aliphatic heterocycles. The predicted octanol–water partition coefficient (Wildman–Crippen LogP) is 4.92. The Hall–Kier alpha value is -1.02. The monoisotopic (exact) mass is 321 g/mol. The van der Waals surface area contributed by atoms with Crippen LogP contribution in [0.3, 0.4) is 0 Å². The van der Waals surface area contributed by atoms with Gasteiger partial charge in [-0.3, -0.25) is 0 Å². The zero-order chi connectivity index (χ0) is 15.2. The summed E-state index contributed by atoms with van der Waals surface area (Å²) < 4.78 is 0. The molecule has 21 heavy (non-hydrogen) atoms. The van der Waals surface area contributed by atoms with E-state index < -0.39 is 0 Å². The summed E-state index contributed by atoms with van der Waals surface area (Å²) in [6.45, 7) is 3.10. The Morgan fingerprint density at radius 3 is 2.52 bits per heavy atom. The van der Waals surface area contributed by atoms with Crippen LogP contribution in [0.25, 0.3) is 0 Å². The zero-order valence-corrected chi connectivity index (χ0v) is 14.0. The van der Waals surface area contributed by atoms with E-state index in [9.17, 15) is 0 Å². The van der Waals surface area contributed by atoms with Gasteiger partial charge in [0.2, 0.25) is 0 Å². The van der Waals surface area contributed by atoms with E-state index in [0.29, 0.717) is 10.9 Å². The van der Waals surface area contributed by atoms with E-state index in [4.69, 9.17) is 23.2 Å². The van der Waals surface area contributed by atoms with Gasteiger partial charge in [0.1, 0.15) is 0 Å². The Kier molecular flexibility index (Phi) is 6.10. The van der Waals surface area contributed by atoms with E-state index in [1.54, 1.807) is 0 Å². The van der Waals surface area contributed by atoms with Gasteiger partial charge in [0.25, 0.3) is 0 Å². The van der Waals surface area contributed by atoms with Gasteiger partial charge in [0, 0.05) is 10.0 Å². The van der Waals surface area contributed by atoms with Crippen LogP contribution in [0.2, 0.25) is 10.0 Å². The van der Waals surface area contributed by atoms with Crippen molar-refractivity contribution in [3.05, 3.63) is 69.2 Å². The smallest absolute Gasteiger partial charge is 0.0452 e. The average molecular weight is 322 g/mol. The number of rotatable bonds is 6. The van der Waals surface area contributed by atoms with Gasteiger partial charge < -0.3 is 5.32 Å². The summed E-state index contributed by atoms with van der Waals surface area (Å²) in [6.07, 6.45) is 1.99.